The summed E-state index contributed by atoms with van der Waals surface area (Å²) in [5, 5.41) is 5.23. The van der Waals surface area contributed by atoms with E-state index in [1.807, 2.05) is 66.0 Å². The fraction of sp³-hybridized carbons (Fsp3) is 0.379. The molecule has 1 saturated carbocycles. The molecule has 1 N–H and O–H groups in total. The molecule has 1 aliphatic carbocycles. The van der Waals surface area contributed by atoms with Crippen molar-refractivity contribution in [2.24, 2.45) is 0 Å². The Kier molecular flexibility index (Phi) is 9.01. The van der Waals surface area contributed by atoms with Crippen molar-refractivity contribution in [1.82, 2.24) is 10.2 Å². The van der Waals surface area contributed by atoms with Crippen molar-refractivity contribution in [3.05, 3.63) is 82.0 Å². The zero-order valence-corrected chi connectivity index (χ0v) is 21.8. The summed E-state index contributed by atoms with van der Waals surface area (Å²) < 4.78 is 10.6. The van der Waals surface area contributed by atoms with Crippen molar-refractivity contribution in [3.8, 4) is 11.5 Å². The number of rotatable bonds is 10. The highest BCUT2D eigenvalue weighted by Crippen LogP contribution is 2.29. The minimum absolute atomic E-state index is 0.0899. The maximum Gasteiger partial charge on any atom is 0.247 e. The van der Waals surface area contributed by atoms with Crippen molar-refractivity contribution in [2.45, 2.75) is 57.2 Å². The first-order valence-electron chi connectivity index (χ1n) is 12.5. The average molecular weight is 507 g/mol. The molecule has 1 fully saturated rings. The molecular weight excluding hydrogens is 472 g/mol. The monoisotopic (exact) mass is 506 g/mol. The Morgan fingerprint density at radius 2 is 1.58 bits per heavy atom. The number of nitrogens with zero attached hydrogens (tertiary/aromatic N) is 1. The number of benzene rings is 2. The molecule has 1 atom stereocenters. The molecule has 1 aliphatic rings. The molecule has 3 aromatic rings. The largest absolute Gasteiger partial charge is 0.497 e. The summed E-state index contributed by atoms with van der Waals surface area (Å²) in [5.41, 5.74) is 1.69. The fourth-order valence-electron chi connectivity index (χ4n) is 4.70. The van der Waals surface area contributed by atoms with Gasteiger partial charge in [-0.25, -0.2) is 0 Å². The Balaban J connectivity index is 1.68. The van der Waals surface area contributed by atoms with Crippen molar-refractivity contribution < 1.29 is 19.1 Å². The first kappa shape index (κ1) is 25.8. The Morgan fingerprint density at radius 1 is 0.944 bits per heavy atom. The second kappa shape index (κ2) is 12.6. The molecule has 6 nitrogen and oxygen atoms in total. The minimum Gasteiger partial charge on any atom is -0.497 e. The summed E-state index contributed by atoms with van der Waals surface area (Å²) in [7, 11) is 3.24. The van der Waals surface area contributed by atoms with E-state index in [-0.39, 0.29) is 24.3 Å². The first-order chi connectivity index (χ1) is 17.6. The van der Waals surface area contributed by atoms with E-state index >= 15 is 0 Å². The lowest BCUT2D eigenvalue weighted by molar-refractivity contribution is -0.141. The van der Waals surface area contributed by atoms with Gasteiger partial charge in [-0.15, -0.1) is 11.3 Å². The van der Waals surface area contributed by atoms with Gasteiger partial charge in [0.2, 0.25) is 11.8 Å². The number of carbonyl (C=O) groups is 2. The van der Waals surface area contributed by atoms with E-state index in [9.17, 15) is 9.59 Å². The summed E-state index contributed by atoms with van der Waals surface area (Å²) in [4.78, 5) is 30.3. The van der Waals surface area contributed by atoms with E-state index in [2.05, 4.69) is 5.32 Å². The number of hydrogen-bond donors (Lipinski definition) is 1. The van der Waals surface area contributed by atoms with E-state index in [0.29, 0.717) is 12.3 Å². The van der Waals surface area contributed by atoms with E-state index in [1.54, 1.807) is 30.5 Å². The van der Waals surface area contributed by atoms with E-state index in [0.717, 1.165) is 47.4 Å². The first-order valence-corrected chi connectivity index (χ1v) is 13.3. The van der Waals surface area contributed by atoms with Gasteiger partial charge >= 0.3 is 0 Å². The molecule has 36 heavy (non-hydrogen) atoms. The van der Waals surface area contributed by atoms with Gasteiger partial charge in [0.05, 0.1) is 20.6 Å². The predicted octanol–water partition coefficient (Wildman–Crippen LogP) is 5.53. The van der Waals surface area contributed by atoms with Crippen LogP contribution in [0.15, 0.2) is 66.0 Å². The minimum atomic E-state index is -0.757. The topological polar surface area (TPSA) is 67.9 Å². The Hall–Kier alpha value is -3.32. The third-order valence-corrected chi connectivity index (χ3v) is 7.56. The molecule has 2 amide bonds. The van der Waals surface area contributed by atoms with Gasteiger partial charge in [-0.3, -0.25) is 9.59 Å². The van der Waals surface area contributed by atoms with Crippen LogP contribution in [-0.2, 0) is 22.6 Å². The number of methoxy groups -OCH3 is 2. The standard InChI is InChI=1S/C29H34N2O4S/c1-34-24-14-10-21(11-15-24)20-31(27(32)19-26-9-6-18-36-26)28(22-12-16-25(35-2)17-13-22)29(33)30-23-7-4-3-5-8-23/h6,9-18,23,28H,3-5,7-8,19-20H2,1-2H3,(H,30,33)/t28-/m1/s1. The highest BCUT2D eigenvalue weighted by atomic mass is 32.1. The number of thiophene rings is 1. The molecule has 7 heteroatoms. The number of hydrogen-bond acceptors (Lipinski definition) is 5. The second-order valence-corrected chi connectivity index (χ2v) is 10.2. The summed E-state index contributed by atoms with van der Waals surface area (Å²) in [6, 6.07) is 18.3. The molecule has 2 aromatic carbocycles. The van der Waals surface area contributed by atoms with Crippen LogP contribution in [0, 0.1) is 0 Å². The molecule has 190 valence electrons. The summed E-state index contributed by atoms with van der Waals surface area (Å²) in [6.45, 7) is 0.309. The van der Waals surface area contributed by atoms with Crippen molar-refractivity contribution >= 4 is 23.2 Å². The van der Waals surface area contributed by atoms with E-state index in [1.165, 1.54) is 6.42 Å². The Labute approximate surface area is 217 Å². The van der Waals surface area contributed by atoms with Crippen molar-refractivity contribution in [3.63, 3.8) is 0 Å². The zero-order chi connectivity index (χ0) is 25.3. The van der Waals surface area contributed by atoms with Gasteiger partial charge in [-0.05, 0) is 59.7 Å². The molecule has 0 aliphatic heterocycles. The number of carbonyl (C=O) groups excluding carboxylic acids is 2. The summed E-state index contributed by atoms with van der Waals surface area (Å²) >= 11 is 1.55. The lowest BCUT2D eigenvalue weighted by Gasteiger charge is -2.33. The molecule has 0 bridgehead atoms. The number of nitrogens with one attached hydrogen (secondary N) is 1. The van der Waals surface area contributed by atoms with Gasteiger partial charge < -0.3 is 19.7 Å². The molecule has 0 saturated heterocycles. The van der Waals surface area contributed by atoms with Crippen LogP contribution in [-0.4, -0.2) is 37.0 Å². The van der Waals surface area contributed by atoms with E-state index in [4.69, 9.17) is 9.47 Å². The Bertz CT molecular complexity index is 1110. The highest BCUT2D eigenvalue weighted by molar-refractivity contribution is 7.10. The fourth-order valence-corrected chi connectivity index (χ4v) is 5.40. The van der Waals surface area contributed by atoms with Gasteiger partial charge in [-0.2, -0.15) is 0 Å². The number of amides is 2. The van der Waals surface area contributed by atoms with E-state index < -0.39 is 6.04 Å². The van der Waals surface area contributed by atoms with Gasteiger partial charge in [0.25, 0.3) is 0 Å². The lowest BCUT2D eigenvalue weighted by atomic mass is 9.94. The molecule has 1 heterocycles. The third-order valence-electron chi connectivity index (χ3n) is 6.68. The molecular formula is C29H34N2O4S. The molecule has 0 unspecified atom stereocenters. The van der Waals surface area contributed by atoms with Gasteiger partial charge in [0.15, 0.2) is 0 Å². The normalized spacial score (nSPS) is 14.6. The van der Waals surface area contributed by atoms with Crippen molar-refractivity contribution in [2.75, 3.05) is 14.2 Å². The Morgan fingerprint density at radius 3 is 2.17 bits per heavy atom. The van der Waals surface area contributed by atoms with Gasteiger partial charge in [-0.1, -0.05) is 49.6 Å². The van der Waals surface area contributed by atoms with Crippen LogP contribution in [0.3, 0.4) is 0 Å². The molecule has 1 aromatic heterocycles. The molecule has 0 spiro atoms. The maximum absolute atomic E-state index is 13.9. The number of ether oxygens (including phenoxy) is 2. The summed E-state index contributed by atoms with van der Waals surface area (Å²) in [5.74, 6) is 1.22. The lowest BCUT2D eigenvalue weighted by Crippen LogP contribution is -2.47. The van der Waals surface area contributed by atoms with Crippen LogP contribution < -0.4 is 14.8 Å². The van der Waals surface area contributed by atoms with Crippen LogP contribution in [0.25, 0.3) is 0 Å². The highest BCUT2D eigenvalue weighted by Gasteiger charge is 2.33. The van der Waals surface area contributed by atoms with Gasteiger partial charge in [0.1, 0.15) is 17.5 Å². The smallest absolute Gasteiger partial charge is 0.247 e. The summed E-state index contributed by atoms with van der Waals surface area (Å²) in [6.07, 6.45) is 5.63. The van der Waals surface area contributed by atoms with Crippen LogP contribution in [0.1, 0.15) is 54.1 Å². The van der Waals surface area contributed by atoms with Crippen LogP contribution in [0.5, 0.6) is 11.5 Å². The van der Waals surface area contributed by atoms with Gasteiger partial charge in [0, 0.05) is 17.5 Å². The quantitative estimate of drug-likeness (QED) is 0.393. The predicted molar refractivity (Wildman–Crippen MR) is 142 cm³/mol. The van der Waals surface area contributed by atoms with Crippen LogP contribution in [0.2, 0.25) is 0 Å². The van der Waals surface area contributed by atoms with Crippen molar-refractivity contribution in [1.29, 1.82) is 0 Å². The second-order valence-electron chi connectivity index (χ2n) is 9.15. The zero-order valence-electron chi connectivity index (χ0n) is 20.9. The SMILES string of the molecule is COc1ccc(CN(C(=O)Cc2cccs2)[C@@H](C(=O)NC2CCCCC2)c2ccc(OC)cc2)cc1. The third kappa shape index (κ3) is 6.66. The van der Waals surface area contributed by atoms with Crippen LogP contribution >= 0.6 is 11.3 Å². The molecule has 4 rings (SSSR count). The average Bonchev–Trinajstić information content (AvgIpc) is 3.42. The maximum atomic E-state index is 13.9. The molecule has 0 radical (unpaired) electrons. The van der Waals surface area contributed by atoms with Crippen LogP contribution in [0.4, 0.5) is 0 Å².